The molecule has 1 aliphatic carbocycles. The largest absolute Gasteiger partial charge is 0.359 e. The average molecular weight is 241 g/mol. The van der Waals surface area contributed by atoms with Crippen molar-refractivity contribution in [2.75, 3.05) is 5.32 Å². The van der Waals surface area contributed by atoms with Crippen molar-refractivity contribution >= 4 is 5.82 Å². The van der Waals surface area contributed by atoms with Gasteiger partial charge in [0.2, 0.25) is 0 Å². The lowest BCUT2D eigenvalue weighted by atomic mass is 9.88. The maximum absolute atomic E-state index is 11.6. The molecule has 0 saturated heterocycles. The Balaban J connectivity index is 1.91. The Hall–Kier alpha value is -2.10. The van der Waals surface area contributed by atoms with Crippen molar-refractivity contribution in [3.63, 3.8) is 0 Å². The van der Waals surface area contributed by atoms with Gasteiger partial charge in [-0.1, -0.05) is 24.3 Å². The van der Waals surface area contributed by atoms with Gasteiger partial charge < -0.3 is 10.3 Å². The van der Waals surface area contributed by atoms with Crippen LogP contribution in [0, 0.1) is 0 Å². The lowest BCUT2D eigenvalue weighted by Gasteiger charge is -2.26. The Bertz CT molecular complexity index is 606. The molecular weight excluding hydrogens is 226 g/mol. The van der Waals surface area contributed by atoms with E-state index in [1.54, 1.807) is 12.4 Å². The number of benzene rings is 1. The Labute approximate surface area is 105 Å². The smallest absolute Gasteiger partial charge is 0.290 e. The second-order valence-electron chi connectivity index (χ2n) is 4.55. The topological polar surface area (TPSA) is 57.8 Å². The summed E-state index contributed by atoms with van der Waals surface area (Å²) >= 11 is 0. The summed E-state index contributed by atoms with van der Waals surface area (Å²) in [6, 6.07) is 8.58. The van der Waals surface area contributed by atoms with E-state index in [4.69, 9.17) is 0 Å². The zero-order chi connectivity index (χ0) is 12.4. The molecule has 0 aliphatic heterocycles. The molecule has 1 aliphatic rings. The van der Waals surface area contributed by atoms with Crippen molar-refractivity contribution in [1.82, 2.24) is 9.97 Å². The van der Waals surface area contributed by atoms with Gasteiger partial charge in [-0.2, -0.15) is 0 Å². The molecular formula is C14H15N3O. The first-order valence-electron chi connectivity index (χ1n) is 6.22. The lowest BCUT2D eigenvalue weighted by Crippen LogP contribution is -2.22. The van der Waals surface area contributed by atoms with Crippen molar-refractivity contribution in [1.29, 1.82) is 0 Å². The van der Waals surface area contributed by atoms with Gasteiger partial charge in [-0.15, -0.1) is 0 Å². The first-order chi connectivity index (χ1) is 8.84. The van der Waals surface area contributed by atoms with E-state index in [1.165, 1.54) is 11.1 Å². The SMILES string of the molecule is O=c1[nH]ccnc1NC1CCCc2ccccc21. The highest BCUT2D eigenvalue weighted by Crippen LogP contribution is 2.31. The summed E-state index contributed by atoms with van der Waals surface area (Å²) in [4.78, 5) is 18.3. The molecule has 2 aromatic rings. The number of fused-ring (bicyclic) bond motifs is 1. The third-order valence-corrected chi connectivity index (χ3v) is 3.39. The highest BCUT2D eigenvalue weighted by molar-refractivity contribution is 5.40. The van der Waals surface area contributed by atoms with Crippen LogP contribution in [0.15, 0.2) is 41.5 Å². The lowest BCUT2D eigenvalue weighted by molar-refractivity contribution is 0.597. The van der Waals surface area contributed by atoms with E-state index in [2.05, 4.69) is 33.5 Å². The summed E-state index contributed by atoms with van der Waals surface area (Å²) in [5.41, 5.74) is 2.49. The predicted octanol–water partition coefficient (Wildman–Crippen LogP) is 2.26. The summed E-state index contributed by atoms with van der Waals surface area (Å²) in [7, 11) is 0. The number of aromatic nitrogens is 2. The van der Waals surface area contributed by atoms with Crippen molar-refractivity contribution < 1.29 is 0 Å². The maximum atomic E-state index is 11.6. The number of rotatable bonds is 2. The van der Waals surface area contributed by atoms with Gasteiger partial charge in [0.1, 0.15) is 0 Å². The molecule has 4 heteroatoms. The van der Waals surface area contributed by atoms with Crippen LogP contribution in [0.25, 0.3) is 0 Å². The molecule has 92 valence electrons. The van der Waals surface area contributed by atoms with Gasteiger partial charge in [0.15, 0.2) is 5.82 Å². The van der Waals surface area contributed by atoms with Gasteiger partial charge in [-0.3, -0.25) is 4.79 Å². The molecule has 4 nitrogen and oxygen atoms in total. The van der Waals surface area contributed by atoms with E-state index < -0.39 is 0 Å². The molecule has 3 rings (SSSR count). The molecule has 18 heavy (non-hydrogen) atoms. The van der Waals surface area contributed by atoms with Crippen LogP contribution in [0.2, 0.25) is 0 Å². The van der Waals surface area contributed by atoms with E-state index in [0.717, 1.165) is 19.3 Å². The van der Waals surface area contributed by atoms with Crippen molar-refractivity contribution in [2.45, 2.75) is 25.3 Å². The van der Waals surface area contributed by atoms with Gasteiger partial charge in [-0.05, 0) is 30.4 Å². The van der Waals surface area contributed by atoms with Crippen LogP contribution in [0.3, 0.4) is 0 Å². The van der Waals surface area contributed by atoms with E-state index >= 15 is 0 Å². The van der Waals surface area contributed by atoms with Crippen LogP contribution in [0.1, 0.15) is 30.0 Å². The third-order valence-electron chi connectivity index (χ3n) is 3.39. The van der Waals surface area contributed by atoms with Gasteiger partial charge in [0.05, 0.1) is 6.04 Å². The van der Waals surface area contributed by atoms with Crippen LogP contribution in [0.4, 0.5) is 5.82 Å². The van der Waals surface area contributed by atoms with Gasteiger partial charge in [-0.25, -0.2) is 4.98 Å². The van der Waals surface area contributed by atoms with Crippen molar-refractivity contribution in [3.8, 4) is 0 Å². The second kappa shape index (κ2) is 4.64. The van der Waals surface area contributed by atoms with Crippen LogP contribution in [0.5, 0.6) is 0 Å². The molecule has 0 spiro atoms. The van der Waals surface area contributed by atoms with Gasteiger partial charge in [0, 0.05) is 12.4 Å². The summed E-state index contributed by atoms with van der Waals surface area (Å²) in [6.45, 7) is 0. The van der Waals surface area contributed by atoms with Crippen molar-refractivity contribution in [2.24, 2.45) is 0 Å². The molecule has 0 amide bonds. The minimum absolute atomic E-state index is 0.166. The monoisotopic (exact) mass is 241 g/mol. The molecule has 1 atom stereocenters. The van der Waals surface area contributed by atoms with Crippen LogP contribution < -0.4 is 10.9 Å². The molecule has 0 fully saturated rings. The molecule has 0 bridgehead atoms. The Morgan fingerprint density at radius 3 is 3.11 bits per heavy atom. The summed E-state index contributed by atoms with van der Waals surface area (Å²) in [5.74, 6) is 0.402. The Kier molecular flexibility index (Phi) is 2.84. The van der Waals surface area contributed by atoms with E-state index in [1.807, 2.05) is 6.07 Å². The summed E-state index contributed by atoms with van der Waals surface area (Å²) in [6.07, 6.45) is 6.43. The zero-order valence-corrected chi connectivity index (χ0v) is 10.0. The summed E-state index contributed by atoms with van der Waals surface area (Å²) in [5, 5.41) is 3.25. The van der Waals surface area contributed by atoms with E-state index in [9.17, 15) is 4.79 Å². The predicted molar refractivity (Wildman–Crippen MR) is 70.6 cm³/mol. The molecule has 1 aromatic carbocycles. The van der Waals surface area contributed by atoms with Crippen LogP contribution >= 0.6 is 0 Å². The molecule has 1 aromatic heterocycles. The Morgan fingerprint density at radius 2 is 2.22 bits per heavy atom. The fourth-order valence-corrected chi connectivity index (χ4v) is 2.52. The number of hydrogen-bond donors (Lipinski definition) is 2. The highest BCUT2D eigenvalue weighted by atomic mass is 16.1. The number of aromatic amines is 1. The molecule has 1 unspecified atom stereocenters. The number of nitrogens with zero attached hydrogens (tertiary/aromatic N) is 1. The van der Waals surface area contributed by atoms with E-state index in [0.29, 0.717) is 5.82 Å². The first-order valence-corrected chi connectivity index (χ1v) is 6.22. The van der Waals surface area contributed by atoms with E-state index in [-0.39, 0.29) is 11.6 Å². The minimum atomic E-state index is -0.166. The second-order valence-corrected chi connectivity index (χ2v) is 4.55. The molecule has 1 heterocycles. The number of hydrogen-bond acceptors (Lipinski definition) is 3. The first kappa shape index (κ1) is 11.0. The Morgan fingerprint density at radius 1 is 1.33 bits per heavy atom. The van der Waals surface area contributed by atoms with Crippen LogP contribution in [-0.4, -0.2) is 9.97 Å². The third kappa shape index (κ3) is 2.01. The normalized spacial score (nSPS) is 18.1. The summed E-state index contributed by atoms with van der Waals surface area (Å²) < 4.78 is 0. The van der Waals surface area contributed by atoms with Gasteiger partial charge in [0.25, 0.3) is 5.56 Å². The number of anilines is 1. The fraction of sp³-hybridized carbons (Fsp3) is 0.286. The minimum Gasteiger partial charge on any atom is -0.359 e. The molecule has 0 radical (unpaired) electrons. The molecule has 0 saturated carbocycles. The number of H-pyrrole nitrogens is 1. The quantitative estimate of drug-likeness (QED) is 0.848. The standard InChI is InChI=1S/C14H15N3O/c18-14-13(15-8-9-16-14)17-12-7-3-5-10-4-1-2-6-11(10)12/h1-2,4,6,8-9,12H,3,5,7H2,(H,15,17)(H,16,18). The number of aryl methyl sites for hydroxylation is 1. The maximum Gasteiger partial charge on any atom is 0.290 e. The van der Waals surface area contributed by atoms with Gasteiger partial charge >= 0.3 is 0 Å². The number of nitrogens with one attached hydrogen (secondary N) is 2. The van der Waals surface area contributed by atoms with Crippen LogP contribution in [-0.2, 0) is 6.42 Å². The highest BCUT2D eigenvalue weighted by Gasteiger charge is 2.20. The van der Waals surface area contributed by atoms with Crippen molar-refractivity contribution in [3.05, 3.63) is 58.1 Å². The average Bonchev–Trinajstić information content (AvgIpc) is 2.42. The molecule has 2 N–H and O–H groups in total. The zero-order valence-electron chi connectivity index (χ0n) is 10.0. The fourth-order valence-electron chi connectivity index (χ4n) is 2.52.